The number of methoxy groups -OCH3 is 1. The number of rotatable bonds is 2. The molecule has 3 heterocycles. The zero-order chi connectivity index (χ0) is 19.9. The average molecular weight is 343 g/mol. The molecule has 1 aliphatic carbocycles. The summed E-state index contributed by atoms with van der Waals surface area (Å²) in [5.74, 6) is -0.701. The average Bonchev–Trinajstić information content (AvgIpc) is 3.16. The van der Waals surface area contributed by atoms with Crippen LogP contribution >= 0.6 is 0 Å². The highest BCUT2D eigenvalue weighted by molar-refractivity contribution is 5.78. The lowest BCUT2D eigenvalue weighted by Gasteiger charge is -2.54. The Balaban J connectivity index is 1.82. The van der Waals surface area contributed by atoms with Gasteiger partial charge in [-0.15, -0.1) is 0 Å². The van der Waals surface area contributed by atoms with Crippen LogP contribution in [-0.2, 0) is 14.9 Å². The van der Waals surface area contributed by atoms with E-state index in [9.17, 15) is 6.17 Å². The van der Waals surface area contributed by atoms with Crippen molar-refractivity contribution in [3.8, 4) is 0 Å². The molecule has 0 N–H and O–H groups in total. The second-order valence-corrected chi connectivity index (χ2v) is 7.88. The second kappa shape index (κ2) is 5.47. The number of anilines is 1. The highest BCUT2D eigenvalue weighted by Gasteiger charge is 2.67. The number of carbonyl (C=O) groups excluding carboxylic acids is 1. The number of hydrogen-bond donors (Lipinski definition) is 0. The third kappa shape index (κ3) is 1.84. The highest BCUT2D eigenvalue weighted by Crippen LogP contribution is 2.62. The second-order valence-electron chi connectivity index (χ2n) is 7.88. The van der Waals surface area contributed by atoms with E-state index in [1.165, 1.54) is 14.0 Å². The van der Waals surface area contributed by atoms with E-state index in [4.69, 9.17) is 7.48 Å². The lowest BCUT2D eigenvalue weighted by atomic mass is 9.56. The van der Waals surface area contributed by atoms with Crippen LogP contribution in [0.5, 0.6) is 0 Å². The SMILES string of the molecule is [2H]C([2H])(C)N1c2ccccc2[C@@]23CCN4CCC[C@H](C[C@H](C(=O)OC)[C@@]12[2H])[C@H]43. The van der Waals surface area contributed by atoms with Crippen LogP contribution in [0.2, 0.25) is 0 Å². The Kier molecular flexibility index (Phi) is 2.79. The molecule has 2 saturated heterocycles. The zero-order valence-corrected chi connectivity index (χ0v) is 15.0. The molecule has 3 fully saturated rings. The molecule has 4 heteroatoms. The van der Waals surface area contributed by atoms with Gasteiger partial charge in [0.05, 0.1) is 20.4 Å². The number of benzene rings is 1. The van der Waals surface area contributed by atoms with Crippen LogP contribution in [-0.4, -0.2) is 49.6 Å². The molecule has 0 radical (unpaired) electrons. The van der Waals surface area contributed by atoms with Crippen LogP contribution in [0, 0.1) is 11.8 Å². The first-order chi connectivity index (χ1) is 13.3. The molecule has 5 rings (SSSR count). The van der Waals surface area contributed by atoms with E-state index >= 15 is 0 Å². The van der Waals surface area contributed by atoms with Crippen LogP contribution < -0.4 is 4.90 Å². The summed E-state index contributed by atoms with van der Waals surface area (Å²) >= 11 is 0. The molecule has 4 aliphatic rings. The lowest BCUT2D eigenvalue weighted by Crippen LogP contribution is -2.64. The predicted molar refractivity (Wildman–Crippen MR) is 97.8 cm³/mol. The van der Waals surface area contributed by atoms with Gasteiger partial charge < -0.3 is 9.64 Å². The van der Waals surface area contributed by atoms with E-state index in [-0.39, 0.29) is 12.0 Å². The number of carbonyl (C=O) groups is 1. The number of nitrogens with zero attached hydrogens (tertiary/aromatic N) is 2. The summed E-state index contributed by atoms with van der Waals surface area (Å²) < 4.78 is 32.3. The quantitative estimate of drug-likeness (QED) is 0.773. The normalized spacial score (nSPS) is 44.2. The van der Waals surface area contributed by atoms with Gasteiger partial charge in [0.25, 0.3) is 0 Å². The summed E-state index contributed by atoms with van der Waals surface area (Å²) in [6, 6.07) is 6.69. The van der Waals surface area contributed by atoms with Crippen LogP contribution in [0.1, 0.15) is 42.3 Å². The summed E-state index contributed by atoms with van der Waals surface area (Å²) in [5, 5.41) is 0. The smallest absolute Gasteiger partial charge is 0.310 e. The van der Waals surface area contributed by atoms with Crippen molar-refractivity contribution in [1.82, 2.24) is 4.90 Å². The van der Waals surface area contributed by atoms with Crippen molar-refractivity contribution >= 4 is 11.7 Å². The van der Waals surface area contributed by atoms with Gasteiger partial charge in [-0.1, -0.05) is 18.2 Å². The van der Waals surface area contributed by atoms with Crippen LogP contribution in [0.25, 0.3) is 0 Å². The van der Waals surface area contributed by atoms with Crippen molar-refractivity contribution in [2.45, 2.75) is 50.1 Å². The monoisotopic (exact) mass is 343 g/mol. The Labute approximate surface area is 154 Å². The van der Waals surface area contributed by atoms with Crippen LogP contribution in [0.4, 0.5) is 5.69 Å². The molecule has 5 atom stereocenters. The summed E-state index contributed by atoms with van der Waals surface area (Å²) in [6.07, 6.45) is 3.57. The molecule has 25 heavy (non-hydrogen) atoms. The van der Waals surface area contributed by atoms with E-state index in [0.29, 0.717) is 12.3 Å². The molecule has 4 nitrogen and oxygen atoms in total. The first-order valence-electron chi connectivity index (χ1n) is 11.0. The Morgan fingerprint density at radius 2 is 2.28 bits per heavy atom. The molecule has 0 aromatic heterocycles. The number of piperidine rings is 1. The maximum atomic E-state index is 13.0. The first-order valence-corrected chi connectivity index (χ1v) is 9.48. The lowest BCUT2D eigenvalue weighted by molar-refractivity contribution is -0.150. The highest BCUT2D eigenvalue weighted by atomic mass is 16.5. The Hall–Kier alpha value is -1.55. The molecular formula is C21H28N2O2. The minimum Gasteiger partial charge on any atom is -0.469 e. The molecule has 134 valence electrons. The van der Waals surface area contributed by atoms with Gasteiger partial charge in [-0.25, -0.2) is 0 Å². The number of fused-ring (bicyclic) bond motifs is 1. The largest absolute Gasteiger partial charge is 0.469 e. The van der Waals surface area contributed by atoms with Gasteiger partial charge in [-0.05, 0) is 63.2 Å². The van der Waals surface area contributed by atoms with Gasteiger partial charge in [0.1, 0.15) is 0 Å². The van der Waals surface area contributed by atoms with E-state index in [0.717, 1.165) is 43.6 Å². The van der Waals surface area contributed by atoms with E-state index in [1.807, 2.05) is 18.2 Å². The van der Waals surface area contributed by atoms with Gasteiger partial charge in [0, 0.05) is 26.4 Å². The fraction of sp³-hybridized carbons (Fsp3) is 0.667. The molecule has 0 bridgehead atoms. The van der Waals surface area contributed by atoms with Crippen molar-refractivity contribution in [2.75, 3.05) is 31.6 Å². The van der Waals surface area contributed by atoms with Crippen molar-refractivity contribution < 1.29 is 13.6 Å². The van der Waals surface area contributed by atoms with Crippen molar-refractivity contribution in [3.63, 3.8) is 0 Å². The number of ether oxygens (including phenoxy) is 1. The Morgan fingerprint density at radius 1 is 1.44 bits per heavy atom. The number of likely N-dealkylation sites (N-methyl/N-ethyl adjacent to an activating group) is 1. The van der Waals surface area contributed by atoms with Crippen LogP contribution in [0.15, 0.2) is 24.3 Å². The number of para-hydroxylation sites is 1. The molecule has 3 aliphatic heterocycles. The van der Waals surface area contributed by atoms with Crippen molar-refractivity contribution in [2.24, 2.45) is 11.8 Å². The zero-order valence-electron chi connectivity index (χ0n) is 18.0. The summed E-state index contributed by atoms with van der Waals surface area (Å²) in [5.41, 5.74) is 1.24. The summed E-state index contributed by atoms with van der Waals surface area (Å²) in [6.45, 7) is 1.68. The van der Waals surface area contributed by atoms with Gasteiger partial charge >= 0.3 is 5.97 Å². The minimum atomic E-state index is -1.76. The fourth-order valence-electron chi connectivity index (χ4n) is 6.39. The Bertz CT molecular complexity index is 828. The molecule has 1 aromatic carbocycles. The standard InChI is InChI=1S/C21H28N2O2/c1-3-23-17-9-5-4-8-16(17)21-10-12-22-11-6-7-14(18(21)22)13-15(19(21)23)20(24)25-2/h4-5,8-9,14-15,18-19H,3,6-7,10-13H2,1-2H3/t14-,15+,18+,19-,21-/m1/s1/i3D2,19D. The summed E-state index contributed by atoms with van der Waals surface area (Å²) in [4.78, 5) is 17.1. The number of esters is 1. The summed E-state index contributed by atoms with van der Waals surface area (Å²) in [7, 11) is 1.39. The molecule has 1 saturated carbocycles. The van der Waals surface area contributed by atoms with Gasteiger partial charge in [-0.2, -0.15) is 0 Å². The maximum Gasteiger partial charge on any atom is 0.310 e. The van der Waals surface area contributed by atoms with Gasteiger partial charge in [0.15, 0.2) is 0 Å². The van der Waals surface area contributed by atoms with E-state index in [1.54, 1.807) is 4.90 Å². The predicted octanol–water partition coefficient (Wildman–Crippen LogP) is 2.81. The fourth-order valence-corrected chi connectivity index (χ4v) is 6.39. The van der Waals surface area contributed by atoms with E-state index < -0.39 is 23.8 Å². The van der Waals surface area contributed by atoms with Gasteiger partial charge in [0.2, 0.25) is 0 Å². The third-order valence-corrected chi connectivity index (χ3v) is 7.06. The molecule has 1 aromatic rings. The van der Waals surface area contributed by atoms with E-state index in [2.05, 4.69) is 11.0 Å². The topological polar surface area (TPSA) is 32.8 Å². The van der Waals surface area contributed by atoms with Crippen molar-refractivity contribution in [3.05, 3.63) is 29.8 Å². The minimum absolute atomic E-state index is 0.188. The molecular weight excluding hydrogens is 312 g/mol. The van der Waals surface area contributed by atoms with Crippen molar-refractivity contribution in [1.29, 1.82) is 0 Å². The Morgan fingerprint density at radius 3 is 3.08 bits per heavy atom. The number of hydrogen-bond acceptors (Lipinski definition) is 4. The third-order valence-electron chi connectivity index (χ3n) is 7.06. The molecule has 1 spiro atoms. The molecule has 0 amide bonds. The first kappa shape index (κ1) is 12.7. The van der Waals surface area contributed by atoms with Gasteiger partial charge in [-0.3, -0.25) is 9.69 Å². The van der Waals surface area contributed by atoms with Crippen LogP contribution in [0.3, 0.4) is 0 Å². The maximum absolute atomic E-state index is 13.0. The molecule has 0 unspecified atom stereocenters.